The lowest BCUT2D eigenvalue weighted by molar-refractivity contribution is 0.468. The van der Waals surface area contributed by atoms with Crippen LogP contribution in [0.5, 0.6) is 0 Å². The first-order valence-corrected chi connectivity index (χ1v) is 14.2. The number of hydrogen-bond donors (Lipinski definition) is 0. The number of aryl methyl sites for hydroxylation is 2. The van der Waals surface area contributed by atoms with E-state index in [1.807, 2.05) is 73.8 Å². The summed E-state index contributed by atoms with van der Waals surface area (Å²) in [5, 5.41) is 0. The molecule has 0 saturated heterocycles. The van der Waals surface area contributed by atoms with Crippen molar-refractivity contribution in [1.29, 1.82) is 0 Å². The molecule has 0 amide bonds. The second kappa shape index (κ2) is 9.00. The van der Waals surface area contributed by atoms with Crippen molar-refractivity contribution in [2.45, 2.75) is 31.7 Å². The molecular weight excluding hydrogens is 486 g/mol. The normalized spacial score (nSPS) is 16.8. The predicted octanol–water partition coefficient (Wildman–Crippen LogP) is 8.05. The van der Waals surface area contributed by atoms with Crippen LogP contribution in [0.15, 0.2) is 115 Å². The van der Waals surface area contributed by atoms with Crippen LogP contribution in [0.3, 0.4) is 0 Å². The van der Waals surface area contributed by atoms with E-state index in [1.165, 1.54) is 4.31 Å². The molecule has 1 aliphatic heterocycles. The van der Waals surface area contributed by atoms with Crippen LogP contribution < -0.4 is 0 Å². The van der Waals surface area contributed by atoms with Crippen LogP contribution in [0.4, 0.5) is 0 Å². The van der Waals surface area contributed by atoms with Gasteiger partial charge in [-0.05, 0) is 83.0 Å². The van der Waals surface area contributed by atoms with E-state index in [4.69, 9.17) is 0 Å². The van der Waals surface area contributed by atoms with Gasteiger partial charge >= 0.3 is 0 Å². The van der Waals surface area contributed by atoms with E-state index in [0.29, 0.717) is 0 Å². The van der Waals surface area contributed by atoms with E-state index in [1.54, 1.807) is 12.1 Å². The summed E-state index contributed by atoms with van der Waals surface area (Å²) in [4.78, 5) is 0.260. The van der Waals surface area contributed by atoms with Crippen LogP contribution in [-0.4, -0.2) is 12.7 Å². The molecule has 4 aromatic carbocycles. The monoisotopic (exact) mass is 515 g/mol. The van der Waals surface area contributed by atoms with Crippen LogP contribution >= 0.6 is 0 Å². The Hall–Kier alpha value is -4.15. The average Bonchev–Trinajstić information content (AvgIpc) is 3.12. The lowest BCUT2D eigenvalue weighted by Gasteiger charge is -2.31. The molecule has 4 aromatic rings. The highest BCUT2D eigenvalue weighted by atomic mass is 32.2. The van der Waals surface area contributed by atoms with Crippen LogP contribution in [0.2, 0.25) is 0 Å². The molecule has 4 heteroatoms. The fourth-order valence-electron chi connectivity index (χ4n) is 5.72. The Labute approximate surface area is 225 Å². The third kappa shape index (κ3) is 3.75. The van der Waals surface area contributed by atoms with Gasteiger partial charge in [-0.1, -0.05) is 97.1 Å². The first-order chi connectivity index (χ1) is 18.3. The molecule has 1 unspecified atom stereocenters. The molecular formula is C34H29NO2S. The minimum absolute atomic E-state index is 0.260. The SMILES string of the molecule is C=C1c2cc(C)cc3c2C(=CN(S(=O)(=O)c2ccc(C)cc2)C1c1ccccc1)C(c1ccccc1)=C3C. The van der Waals surface area contributed by atoms with E-state index in [2.05, 4.69) is 44.7 Å². The summed E-state index contributed by atoms with van der Waals surface area (Å²) in [5.74, 6) is 0. The summed E-state index contributed by atoms with van der Waals surface area (Å²) < 4.78 is 30.4. The third-order valence-corrected chi connectivity index (χ3v) is 9.30. The Morgan fingerprint density at radius 2 is 1.34 bits per heavy atom. The molecule has 0 bridgehead atoms. The maximum absolute atomic E-state index is 14.4. The van der Waals surface area contributed by atoms with E-state index in [0.717, 1.165) is 61.2 Å². The molecule has 188 valence electrons. The van der Waals surface area contributed by atoms with Gasteiger partial charge in [0.05, 0.1) is 10.9 Å². The second-order valence-corrected chi connectivity index (χ2v) is 12.0. The molecule has 0 spiro atoms. The Morgan fingerprint density at radius 3 is 2.00 bits per heavy atom. The van der Waals surface area contributed by atoms with Crippen LogP contribution in [0.25, 0.3) is 22.3 Å². The highest BCUT2D eigenvalue weighted by Crippen LogP contribution is 2.54. The summed E-state index contributed by atoms with van der Waals surface area (Å²) in [7, 11) is -3.93. The van der Waals surface area contributed by atoms with Crippen molar-refractivity contribution >= 4 is 32.3 Å². The minimum atomic E-state index is -3.93. The zero-order valence-electron chi connectivity index (χ0n) is 21.8. The smallest absolute Gasteiger partial charge is 0.261 e. The molecule has 38 heavy (non-hydrogen) atoms. The molecule has 1 heterocycles. The van der Waals surface area contributed by atoms with Crippen molar-refractivity contribution in [3.05, 3.63) is 149 Å². The lowest BCUT2D eigenvalue weighted by Crippen LogP contribution is -2.31. The van der Waals surface area contributed by atoms with Crippen molar-refractivity contribution in [3.8, 4) is 0 Å². The van der Waals surface area contributed by atoms with Gasteiger partial charge in [-0.25, -0.2) is 8.42 Å². The predicted molar refractivity (Wildman–Crippen MR) is 157 cm³/mol. The van der Waals surface area contributed by atoms with Gasteiger partial charge in [-0.2, -0.15) is 0 Å². The van der Waals surface area contributed by atoms with Gasteiger partial charge in [0.2, 0.25) is 0 Å². The molecule has 0 aromatic heterocycles. The van der Waals surface area contributed by atoms with Gasteiger partial charge in [-0.3, -0.25) is 4.31 Å². The van der Waals surface area contributed by atoms with Crippen molar-refractivity contribution in [1.82, 2.24) is 4.31 Å². The highest BCUT2D eigenvalue weighted by Gasteiger charge is 2.39. The largest absolute Gasteiger partial charge is 0.264 e. The van der Waals surface area contributed by atoms with Crippen molar-refractivity contribution < 1.29 is 8.42 Å². The summed E-state index contributed by atoms with van der Waals surface area (Å²) in [6.45, 7) is 10.7. The van der Waals surface area contributed by atoms with Crippen molar-refractivity contribution in [2.75, 3.05) is 0 Å². The van der Waals surface area contributed by atoms with E-state index < -0.39 is 16.1 Å². The van der Waals surface area contributed by atoms with Crippen LogP contribution in [0.1, 0.15) is 51.9 Å². The molecule has 0 fully saturated rings. The fraction of sp³-hybridized carbons (Fsp3) is 0.118. The minimum Gasteiger partial charge on any atom is -0.261 e. The van der Waals surface area contributed by atoms with Gasteiger partial charge in [0, 0.05) is 11.8 Å². The topological polar surface area (TPSA) is 37.4 Å². The standard InChI is InChI=1S/C34H29NO2S/c1-22-15-17-28(18-16-22)38(36,37)35-21-31-32(26-11-7-5-8-12-26)24(3)29-19-23(2)20-30(33(29)31)25(4)34(35)27-13-9-6-10-14-27/h5-21,34H,4H2,1-3H3. The average molecular weight is 516 g/mol. The first-order valence-electron chi connectivity index (χ1n) is 12.8. The number of allylic oxidation sites excluding steroid dienone is 3. The van der Waals surface area contributed by atoms with E-state index >= 15 is 0 Å². The third-order valence-electron chi connectivity index (χ3n) is 7.56. The molecule has 0 saturated carbocycles. The van der Waals surface area contributed by atoms with Gasteiger partial charge < -0.3 is 0 Å². The summed E-state index contributed by atoms with van der Waals surface area (Å²) >= 11 is 0. The zero-order chi connectivity index (χ0) is 26.6. The molecule has 2 aliphatic rings. The summed E-state index contributed by atoms with van der Waals surface area (Å²) in [5.41, 5.74) is 11.1. The molecule has 1 atom stereocenters. The highest BCUT2D eigenvalue weighted by molar-refractivity contribution is 7.89. The Kier molecular flexibility index (Phi) is 5.73. The lowest BCUT2D eigenvalue weighted by atomic mass is 9.87. The number of nitrogens with zero attached hydrogens (tertiary/aromatic N) is 1. The maximum Gasteiger partial charge on any atom is 0.264 e. The van der Waals surface area contributed by atoms with E-state index in [9.17, 15) is 8.42 Å². The van der Waals surface area contributed by atoms with Crippen molar-refractivity contribution in [3.63, 3.8) is 0 Å². The Balaban J connectivity index is 1.69. The van der Waals surface area contributed by atoms with Gasteiger partial charge in [0.15, 0.2) is 0 Å². The van der Waals surface area contributed by atoms with Gasteiger partial charge in [0.25, 0.3) is 10.0 Å². The second-order valence-electron chi connectivity index (χ2n) is 10.1. The molecule has 0 N–H and O–H groups in total. The first kappa shape index (κ1) is 24.2. The van der Waals surface area contributed by atoms with Crippen LogP contribution in [-0.2, 0) is 10.0 Å². The zero-order valence-corrected chi connectivity index (χ0v) is 22.6. The Morgan fingerprint density at radius 1 is 0.737 bits per heavy atom. The van der Waals surface area contributed by atoms with Gasteiger partial charge in [-0.15, -0.1) is 0 Å². The number of benzene rings is 4. The molecule has 0 radical (unpaired) electrons. The maximum atomic E-state index is 14.4. The molecule has 1 aliphatic carbocycles. The summed E-state index contributed by atoms with van der Waals surface area (Å²) in [6, 6.07) is 30.8. The Bertz CT molecular complexity index is 1750. The number of hydrogen-bond acceptors (Lipinski definition) is 2. The summed E-state index contributed by atoms with van der Waals surface area (Å²) in [6.07, 6.45) is 1.85. The fourth-order valence-corrected chi connectivity index (χ4v) is 7.21. The van der Waals surface area contributed by atoms with Gasteiger partial charge in [0.1, 0.15) is 0 Å². The van der Waals surface area contributed by atoms with Crippen LogP contribution in [0, 0.1) is 13.8 Å². The quantitative estimate of drug-likeness (QED) is 0.276. The number of sulfonamides is 1. The molecule has 3 nitrogen and oxygen atoms in total. The number of rotatable bonds is 4. The van der Waals surface area contributed by atoms with E-state index in [-0.39, 0.29) is 4.90 Å². The van der Waals surface area contributed by atoms with Crippen molar-refractivity contribution in [2.24, 2.45) is 0 Å². The molecule has 6 rings (SSSR count).